The van der Waals surface area contributed by atoms with Crippen LogP contribution in [0.5, 0.6) is 0 Å². The number of rotatable bonds is 3. The number of pyridine rings is 1. The molecule has 1 aliphatic heterocycles. The molecule has 2 aromatic heterocycles. The van der Waals surface area contributed by atoms with Gasteiger partial charge in [0.1, 0.15) is 5.52 Å². The Balaban J connectivity index is 0.000000429. The summed E-state index contributed by atoms with van der Waals surface area (Å²) in [5, 5.41) is 17.1. The van der Waals surface area contributed by atoms with E-state index in [1.165, 1.54) is 0 Å². The summed E-state index contributed by atoms with van der Waals surface area (Å²) in [5.41, 5.74) is 9.54. The van der Waals surface area contributed by atoms with Crippen molar-refractivity contribution in [3.63, 3.8) is 0 Å². The van der Waals surface area contributed by atoms with Crippen molar-refractivity contribution in [3.8, 4) is 6.07 Å². The predicted molar refractivity (Wildman–Crippen MR) is 123 cm³/mol. The van der Waals surface area contributed by atoms with Crippen molar-refractivity contribution in [1.82, 2.24) is 14.1 Å². The van der Waals surface area contributed by atoms with Gasteiger partial charge in [-0.3, -0.25) is 9.13 Å². The number of hydrogen-bond acceptors (Lipinski definition) is 6. The maximum Gasteiger partial charge on any atom is 0.490 e. The summed E-state index contributed by atoms with van der Waals surface area (Å²) in [7, 11) is 1.72. The summed E-state index contributed by atoms with van der Waals surface area (Å²) in [6, 6.07) is 9.36. The number of aryl methyl sites for hydroxylation is 1. The summed E-state index contributed by atoms with van der Waals surface area (Å²) in [4.78, 5) is 28.5. The Morgan fingerprint density at radius 1 is 1.37 bits per heavy atom. The van der Waals surface area contributed by atoms with Crippen LogP contribution in [0, 0.1) is 11.3 Å². The van der Waals surface area contributed by atoms with Crippen molar-refractivity contribution in [2.45, 2.75) is 31.6 Å². The number of alkyl halides is 3. The molecular formula is C22H22ClF3N6O3. The number of carboxylic acid groups (broad SMARTS) is 1. The molecule has 0 bridgehead atoms. The lowest BCUT2D eigenvalue weighted by atomic mass is 10.1. The number of hydrogen-bond donors (Lipinski definition) is 2. The Bertz CT molecular complexity index is 1350. The molecule has 1 saturated heterocycles. The molecule has 13 heteroatoms. The average Bonchev–Trinajstić information content (AvgIpc) is 3.05. The van der Waals surface area contributed by atoms with Crippen molar-refractivity contribution in [3.05, 3.63) is 57.1 Å². The van der Waals surface area contributed by atoms with Crippen LogP contribution >= 0.6 is 11.6 Å². The first-order valence-corrected chi connectivity index (χ1v) is 10.8. The lowest BCUT2D eigenvalue weighted by Gasteiger charge is -2.33. The van der Waals surface area contributed by atoms with Crippen LogP contribution < -0.4 is 16.3 Å². The minimum absolute atomic E-state index is 0.113. The molecular weight excluding hydrogens is 489 g/mol. The summed E-state index contributed by atoms with van der Waals surface area (Å²) in [6.07, 6.45) is -1.34. The predicted octanol–water partition coefficient (Wildman–Crippen LogP) is 2.87. The highest BCUT2D eigenvalue weighted by atomic mass is 35.5. The van der Waals surface area contributed by atoms with E-state index < -0.39 is 12.1 Å². The molecule has 3 N–H and O–H groups in total. The largest absolute Gasteiger partial charge is 0.490 e. The second-order valence-electron chi connectivity index (χ2n) is 7.99. The van der Waals surface area contributed by atoms with E-state index in [1.807, 2.05) is 6.07 Å². The normalized spacial score (nSPS) is 15.9. The lowest BCUT2D eigenvalue weighted by Crippen LogP contribution is -2.43. The Hall–Kier alpha value is -3.56. The zero-order chi connectivity index (χ0) is 25.9. The van der Waals surface area contributed by atoms with E-state index in [1.54, 1.807) is 40.6 Å². The average molecular weight is 511 g/mol. The van der Waals surface area contributed by atoms with Crippen molar-refractivity contribution in [2.24, 2.45) is 12.8 Å². The van der Waals surface area contributed by atoms with E-state index in [9.17, 15) is 23.2 Å². The second kappa shape index (κ2) is 10.4. The maximum absolute atomic E-state index is 13.0. The number of halogens is 4. The number of piperidine rings is 1. The summed E-state index contributed by atoms with van der Waals surface area (Å²) >= 11 is 6.02. The van der Waals surface area contributed by atoms with E-state index in [-0.39, 0.29) is 18.3 Å². The first-order valence-electron chi connectivity index (χ1n) is 10.5. The Morgan fingerprint density at radius 3 is 2.66 bits per heavy atom. The molecule has 186 valence electrons. The third kappa shape index (κ3) is 5.75. The highest BCUT2D eigenvalue weighted by Gasteiger charge is 2.38. The number of nitrogens with two attached hydrogens (primary N) is 1. The Kier molecular flexibility index (Phi) is 7.72. The number of nitrogens with zero attached hydrogens (tertiary/aromatic N) is 5. The molecule has 0 radical (unpaired) electrons. The number of carbonyl (C=O) groups is 1. The van der Waals surface area contributed by atoms with Gasteiger partial charge in [0.05, 0.1) is 23.9 Å². The molecule has 1 aliphatic rings. The summed E-state index contributed by atoms with van der Waals surface area (Å²) < 4.78 is 35.0. The van der Waals surface area contributed by atoms with Crippen molar-refractivity contribution in [2.75, 3.05) is 18.0 Å². The van der Waals surface area contributed by atoms with E-state index in [2.05, 4.69) is 16.0 Å². The number of fused-ring (bicyclic) bond motifs is 1. The standard InChI is InChI=1S/C20H21ClN6O.C2HF3O2/c1-25-19-18(17(6-7-24-19)26-8-2-3-16(23)12-26)27(20(25)28)11-13-4-5-15(21)9-14(13)10-22;3-2(4,5)1(6)7/h4-7,9,16H,2-3,8,11-12,23H2,1H3;(H,6,7)/t16-;/m1./s1. The fourth-order valence-corrected chi connectivity index (χ4v) is 4.07. The minimum Gasteiger partial charge on any atom is -0.475 e. The van der Waals surface area contributed by atoms with Gasteiger partial charge in [0.15, 0.2) is 5.65 Å². The fourth-order valence-electron chi connectivity index (χ4n) is 3.90. The molecule has 1 atom stereocenters. The molecule has 0 aliphatic carbocycles. The number of aromatic nitrogens is 3. The van der Waals surface area contributed by atoms with Gasteiger partial charge < -0.3 is 15.7 Å². The quantitative estimate of drug-likeness (QED) is 0.554. The summed E-state index contributed by atoms with van der Waals surface area (Å²) in [5.74, 6) is -2.76. The van der Waals surface area contributed by atoms with Crippen LogP contribution in [0.25, 0.3) is 11.2 Å². The number of nitriles is 1. The van der Waals surface area contributed by atoms with Crippen LogP contribution in [-0.4, -0.2) is 50.5 Å². The third-order valence-corrected chi connectivity index (χ3v) is 5.79. The van der Waals surface area contributed by atoms with Gasteiger partial charge in [0.2, 0.25) is 0 Å². The first kappa shape index (κ1) is 26.1. The number of benzene rings is 1. The lowest BCUT2D eigenvalue weighted by molar-refractivity contribution is -0.192. The van der Waals surface area contributed by atoms with Gasteiger partial charge in [0.25, 0.3) is 0 Å². The van der Waals surface area contributed by atoms with E-state index in [4.69, 9.17) is 27.2 Å². The number of anilines is 1. The molecule has 35 heavy (non-hydrogen) atoms. The molecule has 3 aromatic rings. The van der Waals surface area contributed by atoms with Gasteiger partial charge in [-0.2, -0.15) is 18.4 Å². The smallest absolute Gasteiger partial charge is 0.475 e. The number of aliphatic carboxylic acids is 1. The first-order chi connectivity index (χ1) is 16.4. The SMILES string of the molecule is Cn1c(=O)n(Cc2ccc(Cl)cc2C#N)c2c(N3CCC[C@@H](N)C3)ccnc21.O=C(O)C(F)(F)F. The topological polar surface area (TPSA) is 130 Å². The van der Waals surface area contributed by atoms with Crippen molar-refractivity contribution < 1.29 is 23.1 Å². The molecule has 0 saturated carbocycles. The molecule has 0 spiro atoms. The number of carboxylic acids is 1. The zero-order valence-corrected chi connectivity index (χ0v) is 19.3. The zero-order valence-electron chi connectivity index (χ0n) is 18.6. The van der Waals surface area contributed by atoms with Gasteiger partial charge in [0, 0.05) is 37.4 Å². The van der Waals surface area contributed by atoms with E-state index in [0.717, 1.165) is 42.7 Å². The van der Waals surface area contributed by atoms with Gasteiger partial charge in [-0.05, 0) is 36.6 Å². The van der Waals surface area contributed by atoms with Crippen LogP contribution in [0.3, 0.4) is 0 Å². The van der Waals surface area contributed by atoms with Crippen LogP contribution in [-0.2, 0) is 18.4 Å². The highest BCUT2D eigenvalue weighted by Crippen LogP contribution is 2.28. The summed E-state index contributed by atoms with van der Waals surface area (Å²) in [6.45, 7) is 1.90. The van der Waals surface area contributed by atoms with Gasteiger partial charge in [-0.15, -0.1) is 0 Å². The van der Waals surface area contributed by atoms with E-state index >= 15 is 0 Å². The molecule has 9 nitrogen and oxygen atoms in total. The highest BCUT2D eigenvalue weighted by molar-refractivity contribution is 6.30. The molecule has 0 amide bonds. The van der Waals surface area contributed by atoms with Crippen molar-refractivity contribution >= 4 is 34.4 Å². The fraction of sp³-hybridized carbons (Fsp3) is 0.364. The van der Waals surface area contributed by atoms with Gasteiger partial charge in [-0.25, -0.2) is 14.6 Å². The maximum atomic E-state index is 13.0. The Labute approximate surface area is 202 Å². The van der Waals surface area contributed by atoms with E-state index in [0.29, 0.717) is 16.2 Å². The van der Waals surface area contributed by atoms with Crippen LogP contribution in [0.1, 0.15) is 24.0 Å². The van der Waals surface area contributed by atoms with Gasteiger partial charge in [-0.1, -0.05) is 17.7 Å². The van der Waals surface area contributed by atoms with Gasteiger partial charge >= 0.3 is 17.8 Å². The number of imidazole rings is 1. The van der Waals surface area contributed by atoms with Crippen LogP contribution in [0.4, 0.5) is 18.9 Å². The minimum atomic E-state index is -5.08. The van der Waals surface area contributed by atoms with Crippen molar-refractivity contribution in [1.29, 1.82) is 5.26 Å². The molecule has 0 unspecified atom stereocenters. The van der Waals surface area contributed by atoms with Crippen LogP contribution in [0.2, 0.25) is 5.02 Å². The third-order valence-electron chi connectivity index (χ3n) is 5.55. The second-order valence-corrected chi connectivity index (χ2v) is 8.43. The molecule has 4 rings (SSSR count). The molecule has 1 aromatic carbocycles. The Morgan fingerprint density at radius 2 is 2.06 bits per heavy atom. The monoisotopic (exact) mass is 510 g/mol. The van der Waals surface area contributed by atoms with Crippen LogP contribution in [0.15, 0.2) is 35.3 Å². The molecule has 3 heterocycles. The molecule has 1 fully saturated rings.